The van der Waals surface area contributed by atoms with E-state index in [0.717, 1.165) is 11.2 Å². The van der Waals surface area contributed by atoms with Crippen LogP contribution in [0, 0.1) is 0 Å². The van der Waals surface area contributed by atoms with Gasteiger partial charge in [0.1, 0.15) is 0 Å². The van der Waals surface area contributed by atoms with Gasteiger partial charge in [0.2, 0.25) is 0 Å². The molecule has 0 unspecified atom stereocenters. The molecule has 3 rings (SSSR count). The number of fused-ring (bicyclic) bond motifs is 1. The average Bonchev–Trinajstić information content (AvgIpc) is 2.89. The van der Waals surface area contributed by atoms with E-state index in [9.17, 15) is 0 Å². The molecule has 2 heterocycles. The molecule has 0 bridgehead atoms. The minimum Gasteiger partial charge on any atom is -0.248 e. The van der Waals surface area contributed by atoms with Crippen LogP contribution >= 0.6 is 11.3 Å². The highest BCUT2D eigenvalue weighted by Gasteiger charge is 1.94. The zero-order valence-electron chi connectivity index (χ0n) is 9.21. The molecule has 0 saturated heterocycles. The first-order chi connectivity index (χ1) is 8.42. The minimum absolute atomic E-state index is 0.995. The summed E-state index contributed by atoms with van der Waals surface area (Å²) in [5.74, 6) is 0. The maximum atomic E-state index is 4.59. The lowest BCUT2D eigenvalue weighted by atomic mass is 10.2. The number of benzene rings is 1. The highest BCUT2D eigenvalue weighted by Crippen LogP contribution is 2.14. The van der Waals surface area contributed by atoms with Crippen LogP contribution in [0.2, 0.25) is 0 Å². The molecule has 1 nitrogen and oxygen atoms in total. The fourth-order valence-electron chi connectivity index (χ4n) is 1.73. The normalized spacial score (nSPS) is 11.3. The Kier molecular flexibility index (Phi) is 2.72. The van der Waals surface area contributed by atoms with Crippen LogP contribution in [0.1, 0.15) is 11.3 Å². The summed E-state index contributed by atoms with van der Waals surface area (Å²) >= 11 is 1.71. The van der Waals surface area contributed by atoms with Crippen molar-refractivity contribution in [2.75, 3.05) is 0 Å². The standard InChI is InChI=1S/C15H11NS/c1-2-4-15-13(3-1)6-8-14(16-15)7-5-12-9-10-17-11-12/h1-11H. The first kappa shape index (κ1) is 10.2. The monoisotopic (exact) mass is 237 g/mol. The van der Waals surface area contributed by atoms with E-state index in [0.29, 0.717) is 0 Å². The summed E-state index contributed by atoms with van der Waals surface area (Å²) in [6, 6.07) is 14.4. The largest absolute Gasteiger partial charge is 0.248 e. The molecule has 0 spiro atoms. The number of nitrogens with zero attached hydrogens (tertiary/aromatic N) is 1. The average molecular weight is 237 g/mol. The van der Waals surface area contributed by atoms with Gasteiger partial charge in [-0.05, 0) is 40.6 Å². The maximum absolute atomic E-state index is 4.59. The molecule has 0 fully saturated rings. The summed E-state index contributed by atoms with van der Waals surface area (Å²) in [6.07, 6.45) is 4.14. The predicted molar refractivity (Wildman–Crippen MR) is 75.0 cm³/mol. The molecule has 0 aliphatic carbocycles. The third-order valence-corrected chi connectivity index (χ3v) is 3.31. The van der Waals surface area contributed by atoms with Crippen LogP contribution in [0.25, 0.3) is 23.1 Å². The summed E-state index contributed by atoms with van der Waals surface area (Å²) in [4.78, 5) is 4.59. The van der Waals surface area contributed by atoms with Gasteiger partial charge in [0.25, 0.3) is 0 Å². The number of rotatable bonds is 2. The fraction of sp³-hybridized carbons (Fsp3) is 0. The van der Waals surface area contributed by atoms with Gasteiger partial charge in [-0.2, -0.15) is 11.3 Å². The van der Waals surface area contributed by atoms with Crippen LogP contribution in [-0.4, -0.2) is 4.98 Å². The lowest BCUT2D eigenvalue weighted by Crippen LogP contribution is -1.82. The van der Waals surface area contributed by atoms with Crippen molar-refractivity contribution in [1.82, 2.24) is 4.98 Å². The van der Waals surface area contributed by atoms with Crippen LogP contribution < -0.4 is 0 Å². The molecule has 0 atom stereocenters. The molecule has 0 amide bonds. The Labute approximate surface area is 104 Å². The molecular formula is C15H11NS. The Bertz CT molecular complexity index is 654. The quantitative estimate of drug-likeness (QED) is 0.641. The van der Waals surface area contributed by atoms with Gasteiger partial charge in [0.15, 0.2) is 0 Å². The van der Waals surface area contributed by atoms with Gasteiger partial charge < -0.3 is 0 Å². The molecule has 0 saturated carbocycles. The Morgan fingerprint density at radius 1 is 0.941 bits per heavy atom. The van der Waals surface area contributed by atoms with E-state index < -0.39 is 0 Å². The number of hydrogen-bond donors (Lipinski definition) is 0. The predicted octanol–water partition coefficient (Wildman–Crippen LogP) is 4.47. The van der Waals surface area contributed by atoms with Gasteiger partial charge in [0, 0.05) is 5.39 Å². The Morgan fingerprint density at radius 3 is 2.76 bits per heavy atom. The molecule has 0 aliphatic heterocycles. The van der Waals surface area contributed by atoms with Crippen molar-refractivity contribution in [3.8, 4) is 0 Å². The van der Waals surface area contributed by atoms with Crippen molar-refractivity contribution in [3.05, 3.63) is 64.5 Å². The van der Waals surface area contributed by atoms with Crippen LogP contribution in [-0.2, 0) is 0 Å². The van der Waals surface area contributed by atoms with E-state index in [1.54, 1.807) is 11.3 Å². The second kappa shape index (κ2) is 4.52. The van der Waals surface area contributed by atoms with E-state index in [4.69, 9.17) is 0 Å². The smallest absolute Gasteiger partial charge is 0.0709 e. The van der Waals surface area contributed by atoms with Crippen molar-refractivity contribution in [2.24, 2.45) is 0 Å². The van der Waals surface area contributed by atoms with Crippen molar-refractivity contribution < 1.29 is 0 Å². The molecule has 0 aliphatic rings. The summed E-state index contributed by atoms with van der Waals surface area (Å²) in [7, 11) is 0. The highest BCUT2D eigenvalue weighted by molar-refractivity contribution is 7.08. The SMILES string of the molecule is C(=Cc1ccc2ccccc2n1)c1ccsc1. The van der Waals surface area contributed by atoms with Crippen LogP contribution in [0.3, 0.4) is 0 Å². The van der Waals surface area contributed by atoms with Gasteiger partial charge in [-0.15, -0.1) is 0 Å². The topological polar surface area (TPSA) is 12.9 Å². The van der Waals surface area contributed by atoms with E-state index in [2.05, 4.69) is 46.1 Å². The number of hydrogen-bond acceptors (Lipinski definition) is 2. The zero-order chi connectivity index (χ0) is 11.5. The molecule has 17 heavy (non-hydrogen) atoms. The number of pyridine rings is 1. The Hall–Kier alpha value is -1.93. The Morgan fingerprint density at radius 2 is 1.88 bits per heavy atom. The lowest BCUT2D eigenvalue weighted by Gasteiger charge is -1.97. The molecule has 0 N–H and O–H groups in total. The maximum Gasteiger partial charge on any atom is 0.0709 e. The van der Waals surface area contributed by atoms with Crippen molar-refractivity contribution in [1.29, 1.82) is 0 Å². The molecule has 1 aromatic carbocycles. The highest BCUT2D eigenvalue weighted by atomic mass is 32.1. The summed E-state index contributed by atoms with van der Waals surface area (Å²) in [5, 5.41) is 5.38. The van der Waals surface area contributed by atoms with Gasteiger partial charge in [-0.1, -0.05) is 30.3 Å². The van der Waals surface area contributed by atoms with Crippen molar-refractivity contribution in [3.63, 3.8) is 0 Å². The summed E-state index contributed by atoms with van der Waals surface area (Å²) in [5.41, 5.74) is 3.26. The number of thiophene rings is 1. The van der Waals surface area contributed by atoms with Crippen molar-refractivity contribution >= 4 is 34.4 Å². The first-order valence-corrected chi connectivity index (χ1v) is 6.42. The molecule has 2 aromatic heterocycles. The van der Waals surface area contributed by atoms with Crippen LogP contribution in [0.5, 0.6) is 0 Å². The lowest BCUT2D eigenvalue weighted by molar-refractivity contribution is 1.37. The van der Waals surface area contributed by atoms with Gasteiger partial charge in [0.05, 0.1) is 11.2 Å². The van der Waals surface area contributed by atoms with E-state index in [-0.39, 0.29) is 0 Å². The Balaban J connectivity index is 1.96. The van der Waals surface area contributed by atoms with E-state index in [1.807, 2.05) is 24.3 Å². The number of para-hydroxylation sites is 1. The first-order valence-electron chi connectivity index (χ1n) is 5.48. The zero-order valence-corrected chi connectivity index (χ0v) is 10.0. The fourth-order valence-corrected chi connectivity index (χ4v) is 2.35. The van der Waals surface area contributed by atoms with Gasteiger partial charge in [-0.3, -0.25) is 0 Å². The molecular weight excluding hydrogens is 226 g/mol. The molecule has 2 heteroatoms. The second-order valence-corrected chi connectivity index (χ2v) is 4.60. The van der Waals surface area contributed by atoms with E-state index >= 15 is 0 Å². The van der Waals surface area contributed by atoms with E-state index in [1.165, 1.54) is 10.9 Å². The summed E-state index contributed by atoms with van der Waals surface area (Å²) in [6.45, 7) is 0. The van der Waals surface area contributed by atoms with Crippen LogP contribution in [0.4, 0.5) is 0 Å². The van der Waals surface area contributed by atoms with Crippen LogP contribution in [0.15, 0.2) is 53.2 Å². The number of aromatic nitrogens is 1. The third-order valence-electron chi connectivity index (χ3n) is 2.61. The van der Waals surface area contributed by atoms with Crippen molar-refractivity contribution in [2.45, 2.75) is 0 Å². The molecule has 82 valence electrons. The molecule has 0 radical (unpaired) electrons. The summed E-state index contributed by atoms with van der Waals surface area (Å²) < 4.78 is 0. The third kappa shape index (κ3) is 2.27. The second-order valence-electron chi connectivity index (χ2n) is 3.82. The van der Waals surface area contributed by atoms with Gasteiger partial charge in [-0.25, -0.2) is 4.98 Å². The minimum atomic E-state index is 0.995. The van der Waals surface area contributed by atoms with Gasteiger partial charge >= 0.3 is 0 Å². The molecule has 3 aromatic rings.